The SMILES string of the molecule is Cc1occc1-c1noc(C2CCCCCC2=O)n1. The van der Waals surface area contributed by atoms with Gasteiger partial charge < -0.3 is 8.94 Å². The van der Waals surface area contributed by atoms with Crippen LogP contribution in [0, 0.1) is 6.92 Å². The van der Waals surface area contributed by atoms with Crippen molar-refractivity contribution in [2.75, 3.05) is 0 Å². The lowest BCUT2D eigenvalue weighted by molar-refractivity contribution is -0.120. The van der Waals surface area contributed by atoms with Crippen molar-refractivity contribution in [1.82, 2.24) is 10.1 Å². The van der Waals surface area contributed by atoms with Crippen molar-refractivity contribution in [3.8, 4) is 11.4 Å². The fourth-order valence-corrected chi connectivity index (χ4v) is 2.52. The predicted molar refractivity (Wildman–Crippen MR) is 67.6 cm³/mol. The molecule has 1 saturated carbocycles. The topological polar surface area (TPSA) is 69.1 Å². The Bertz CT molecular complexity index is 585. The van der Waals surface area contributed by atoms with Gasteiger partial charge in [0.25, 0.3) is 0 Å². The normalized spacial score (nSPS) is 20.5. The molecule has 2 aromatic heterocycles. The van der Waals surface area contributed by atoms with E-state index in [2.05, 4.69) is 10.1 Å². The first kappa shape index (κ1) is 12.1. The Morgan fingerprint density at radius 1 is 1.32 bits per heavy atom. The standard InChI is InChI=1S/C14H16N2O3/c1-9-10(7-8-18-9)13-15-14(19-16-13)11-5-3-2-4-6-12(11)17/h7-8,11H,2-6H2,1H3. The predicted octanol–water partition coefficient (Wildman–Crippen LogP) is 3.25. The first-order chi connectivity index (χ1) is 9.25. The van der Waals surface area contributed by atoms with E-state index < -0.39 is 0 Å². The number of carbonyl (C=O) groups is 1. The van der Waals surface area contributed by atoms with E-state index in [-0.39, 0.29) is 11.7 Å². The summed E-state index contributed by atoms with van der Waals surface area (Å²) in [6.07, 6.45) is 6.13. The van der Waals surface area contributed by atoms with Gasteiger partial charge in [0.2, 0.25) is 11.7 Å². The molecule has 1 fully saturated rings. The fraction of sp³-hybridized carbons (Fsp3) is 0.500. The van der Waals surface area contributed by atoms with E-state index >= 15 is 0 Å². The minimum Gasteiger partial charge on any atom is -0.469 e. The average molecular weight is 260 g/mol. The van der Waals surface area contributed by atoms with Gasteiger partial charge in [-0.3, -0.25) is 4.79 Å². The zero-order valence-electron chi connectivity index (χ0n) is 10.9. The maximum Gasteiger partial charge on any atom is 0.237 e. The summed E-state index contributed by atoms with van der Waals surface area (Å²) in [7, 11) is 0. The number of aromatic nitrogens is 2. The highest BCUT2D eigenvalue weighted by Gasteiger charge is 2.28. The lowest BCUT2D eigenvalue weighted by atomic mass is 9.99. The first-order valence-corrected chi connectivity index (χ1v) is 6.66. The van der Waals surface area contributed by atoms with Crippen molar-refractivity contribution in [2.45, 2.75) is 44.9 Å². The first-order valence-electron chi connectivity index (χ1n) is 6.66. The van der Waals surface area contributed by atoms with Crippen LogP contribution in [0.3, 0.4) is 0 Å². The smallest absolute Gasteiger partial charge is 0.237 e. The molecule has 0 aromatic carbocycles. The summed E-state index contributed by atoms with van der Waals surface area (Å²) >= 11 is 0. The molecule has 2 heterocycles. The third-order valence-electron chi connectivity index (χ3n) is 3.64. The summed E-state index contributed by atoms with van der Waals surface area (Å²) in [6.45, 7) is 1.85. The number of carbonyl (C=O) groups excluding carboxylic acids is 1. The molecule has 100 valence electrons. The second kappa shape index (κ2) is 4.99. The Morgan fingerprint density at radius 3 is 3.00 bits per heavy atom. The van der Waals surface area contributed by atoms with Crippen LogP contribution in [0.15, 0.2) is 21.3 Å². The minimum atomic E-state index is -0.226. The van der Waals surface area contributed by atoms with Crippen molar-refractivity contribution >= 4 is 5.78 Å². The zero-order valence-corrected chi connectivity index (χ0v) is 10.9. The number of furan rings is 1. The van der Waals surface area contributed by atoms with E-state index in [4.69, 9.17) is 8.94 Å². The molecule has 0 spiro atoms. The molecular formula is C14H16N2O3. The molecular weight excluding hydrogens is 244 g/mol. The van der Waals surface area contributed by atoms with Crippen molar-refractivity contribution in [3.05, 3.63) is 24.0 Å². The highest BCUT2D eigenvalue weighted by Crippen LogP contribution is 2.30. The van der Waals surface area contributed by atoms with Crippen molar-refractivity contribution in [1.29, 1.82) is 0 Å². The molecule has 0 amide bonds. The van der Waals surface area contributed by atoms with Crippen LogP contribution in [0.1, 0.15) is 49.7 Å². The summed E-state index contributed by atoms with van der Waals surface area (Å²) in [5, 5.41) is 3.96. The Morgan fingerprint density at radius 2 is 2.21 bits per heavy atom. The van der Waals surface area contributed by atoms with Gasteiger partial charge in [0.15, 0.2) is 0 Å². The number of hydrogen-bond donors (Lipinski definition) is 0. The summed E-state index contributed by atoms with van der Waals surface area (Å²) in [5.74, 6) is 1.69. The third-order valence-corrected chi connectivity index (χ3v) is 3.64. The molecule has 1 aliphatic carbocycles. The summed E-state index contributed by atoms with van der Waals surface area (Å²) < 4.78 is 10.5. The Balaban J connectivity index is 1.88. The maximum atomic E-state index is 12.0. The minimum absolute atomic E-state index is 0.219. The van der Waals surface area contributed by atoms with Crippen molar-refractivity contribution < 1.29 is 13.7 Å². The fourth-order valence-electron chi connectivity index (χ4n) is 2.52. The van der Waals surface area contributed by atoms with Gasteiger partial charge in [0, 0.05) is 6.42 Å². The van der Waals surface area contributed by atoms with Crippen LogP contribution < -0.4 is 0 Å². The lowest BCUT2D eigenvalue weighted by Crippen LogP contribution is -2.10. The molecule has 5 nitrogen and oxygen atoms in total. The van der Waals surface area contributed by atoms with E-state index in [1.54, 1.807) is 12.3 Å². The third kappa shape index (κ3) is 2.32. The molecule has 1 unspecified atom stereocenters. The van der Waals surface area contributed by atoms with Crippen LogP contribution in [-0.4, -0.2) is 15.9 Å². The van der Waals surface area contributed by atoms with E-state index in [0.29, 0.717) is 18.1 Å². The van der Waals surface area contributed by atoms with Gasteiger partial charge in [0.05, 0.1) is 17.7 Å². The quantitative estimate of drug-likeness (QED) is 0.775. The van der Waals surface area contributed by atoms with Crippen LogP contribution in [0.4, 0.5) is 0 Å². The van der Waals surface area contributed by atoms with Gasteiger partial charge >= 0.3 is 0 Å². The molecule has 5 heteroatoms. The largest absolute Gasteiger partial charge is 0.469 e. The van der Waals surface area contributed by atoms with Gasteiger partial charge in [-0.2, -0.15) is 4.98 Å². The summed E-state index contributed by atoms with van der Waals surface area (Å²) in [5.41, 5.74) is 0.816. The number of aryl methyl sites for hydroxylation is 1. The van der Waals surface area contributed by atoms with E-state index in [1.807, 2.05) is 6.92 Å². The molecule has 19 heavy (non-hydrogen) atoms. The number of hydrogen-bond acceptors (Lipinski definition) is 5. The Hall–Kier alpha value is -1.91. The molecule has 2 aromatic rings. The molecule has 1 atom stereocenters. The van der Waals surface area contributed by atoms with Gasteiger partial charge in [-0.05, 0) is 25.8 Å². The van der Waals surface area contributed by atoms with Gasteiger partial charge in [-0.15, -0.1) is 0 Å². The summed E-state index contributed by atoms with van der Waals surface area (Å²) in [6, 6.07) is 1.80. The summed E-state index contributed by atoms with van der Waals surface area (Å²) in [4.78, 5) is 16.4. The highest BCUT2D eigenvalue weighted by molar-refractivity contribution is 5.85. The Kier molecular flexibility index (Phi) is 3.19. The van der Waals surface area contributed by atoms with Crippen LogP contribution in [0.2, 0.25) is 0 Å². The van der Waals surface area contributed by atoms with E-state index in [9.17, 15) is 4.79 Å². The van der Waals surface area contributed by atoms with Crippen molar-refractivity contribution in [3.63, 3.8) is 0 Å². The van der Waals surface area contributed by atoms with Crippen LogP contribution in [0.25, 0.3) is 11.4 Å². The van der Waals surface area contributed by atoms with Gasteiger partial charge in [-0.25, -0.2) is 0 Å². The molecule has 0 radical (unpaired) electrons. The van der Waals surface area contributed by atoms with Crippen LogP contribution in [-0.2, 0) is 4.79 Å². The van der Waals surface area contributed by atoms with Crippen LogP contribution in [0.5, 0.6) is 0 Å². The average Bonchev–Trinajstić information content (AvgIpc) is 2.97. The molecule has 0 bridgehead atoms. The monoisotopic (exact) mass is 260 g/mol. The molecule has 0 N–H and O–H groups in total. The van der Waals surface area contributed by atoms with Crippen molar-refractivity contribution in [2.24, 2.45) is 0 Å². The van der Waals surface area contributed by atoms with E-state index in [1.165, 1.54) is 0 Å². The molecule has 1 aliphatic rings. The molecule has 3 rings (SSSR count). The van der Waals surface area contributed by atoms with Crippen LogP contribution >= 0.6 is 0 Å². The maximum absolute atomic E-state index is 12.0. The van der Waals surface area contributed by atoms with E-state index in [0.717, 1.165) is 37.0 Å². The lowest BCUT2D eigenvalue weighted by Gasteiger charge is -2.06. The number of ketones is 1. The number of rotatable bonds is 2. The van der Waals surface area contributed by atoms with Gasteiger partial charge in [-0.1, -0.05) is 18.0 Å². The molecule has 0 aliphatic heterocycles. The zero-order chi connectivity index (χ0) is 13.2. The number of nitrogens with zero attached hydrogens (tertiary/aromatic N) is 2. The second-order valence-corrected chi connectivity index (χ2v) is 4.96. The second-order valence-electron chi connectivity index (χ2n) is 4.96. The van der Waals surface area contributed by atoms with Gasteiger partial charge in [0.1, 0.15) is 11.5 Å². The molecule has 0 saturated heterocycles. The Labute approximate surface area is 111 Å². The number of Topliss-reactive ketones (excluding diaryl/α,β-unsaturated/α-hetero) is 1. The highest BCUT2D eigenvalue weighted by atomic mass is 16.5.